The maximum atomic E-state index is 13.5. The van der Waals surface area contributed by atoms with E-state index in [9.17, 15) is 132 Å². The van der Waals surface area contributed by atoms with Crippen LogP contribution in [0.1, 0.15) is 33.9 Å². The molecule has 5 aromatic rings. The molecule has 40 nitrogen and oxygen atoms in total. The van der Waals surface area contributed by atoms with E-state index < -0.39 is 262 Å². The molecule has 1 unspecified atom stereocenters. The van der Waals surface area contributed by atoms with Crippen molar-refractivity contribution in [2.24, 2.45) is 0 Å². The Balaban J connectivity index is 0.812. The van der Waals surface area contributed by atoms with Crippen LogP contribution in [-0.2, 0) is 61.8 Å². The standard InChI is InChI=1S/C72H80O40/c73-22-44-52(85)57(90)62(95)69(107-44)104-41-20-31(75)19-40-32(41)21-43(66(102-40)30-7-10-34(77)37(80)18-30)106-72-67(112-71-65(98)60(93)55(88)47(110-71)25-100-51(84)14-6-29-2-9-35(78)42(17-29)105-70-63(96)58(91)53(86)45(23-74)108-70)61(94)56(89)48(111-72)26-101-50(83)13-5-28-3-11-39(38(81)16-28)103-68-64(97)59(92)54(87)46(109-68)24-99-49(82)12-4-27-1-8-33(76)36(79)15-27/h1-21,44-48,52-81,85-98H,22-26H2/b12-4+,13-5+,14-6+/t44-,45-,46+,47-,48+,52-,53-,54-,55-,56-,57+,58+,59+,60+,61+,62-,63-,64-,65-,66?,67-,68-,69-,70-,71+,72-/m1/s1. The number of aliphatic hydroxyl groups excluding tert-OH is 16. The first-order valence-electron chi connectivity index (χ1n) is 34.1. The third-order valence-electron chi connectivity index (χ3n) is 18.5. The fraction of sp³-hybridized carbons (Fsp3) is 0.431. The van der Waals surface area contributed by atoms with Gasteiger partial charge in [0.1, 0.15) is 159 Å². The average Bonchev–Trinajstić information content (AvgIpc) is 0.763. The molecule has 11 rings (SSSR count). The van der Waals surface area contributed by atoms with E-state index in [0.29, 0.717) is 5.56 Å². The normalized spacial score (nSPS) is 33.4. The number of carbonyl (C=O) groups excluding carboxylic acids is 3. The Kier molecular flexibility index (Phi) is 26.7. The molecule has 0 spiro atoms. The van der Waals surface area contributed by atoms with Crippen molar-refractivity contribution in [2.75, 3.05) is 33.0 Å². The maximum absolute atomic E-state index is 13.5. The first-order chi connectivity index (χ1) is 53.3. The van der Waals surface area contributed by atoms with Gasteiger partial charge in [0.05, 0.1) is 18.8 Å². The summed E-state index contributed by atoms with van der Waals surface area (Å²) < 4.78 is 80.4. The number of hydrogen-bond donors (Lipinski definition) is 23. The van der Waals surface area contributed by atoms with Crippen LogP contribution in [0, 0.1) is 0 Å². The van der Waals surface area contributed by atoms with Crippen LogP contribution in [-0.4, -0.2) is 322 Å². The highest BCUT2D eigenvalue weighted by molar-refractivity contribution is 5.88. The Hall–Kier alpha value is -9.81. The van der Waals surface area contributed by atoms with Crippen molar-refractivity contribution in [3.05, 3.63) is 137 Å². The average molecular weight is 1590 g/mol. The lowest BCUT2D eigenvalue weighted by Gasteiger charge is -2.46. The SMILES string of the molecule is O=C(/C=C/c1ccc(O)c(O)c1)OC[C@@H]1O[C@@H](Oc2ccc(/C=C/C(=O)OC[C@@H]3O[C@@H](OC4=Cc5c(cc(O)cc5O[C@@H]5O[C@H](CO)[C@@H](O)[C@H](O)[C@H]5O)OC4c4ccc(O)c(O)c4)[C@H](O[C@@H]4O[C@H](COC(=O)/C=C/c5ccc(O)c(O[C@@H]6O[C@H](CO)[C@@H](O)[C@H](O)[C@H]6O)c5)[C@@H](O)[C@H](O)[C@H]4O)[C@@H](O)[C@@H]3O)cc2O)[C@H](O)[C@@H](O)[C@@H]1O. The molecular formula is C72H80O40. The second-order valence-corrected chi connectivity index (χ2v) is 26.3. The van der Waals surface area contributed by atoms with Crippen LogP contribution in [0.15, 0.2) is 109 Å². The molecule has 0 aliphatic carbocycles. The van der Waals surface area contributed by atoms with Gasteiger partial charge in [-0.3, -0.25) is 0 Å². The highest BCUT2D eigenvalue weighted by Crippen LogP contribution is 2.48. The maximum Gasteiger partial charge on any atom is 0.330 e. The Morgan fingerprint density at radius 3 is 1.25 bits per heavy atom. The van der Waals surface area contributed by atoms with E-state index in [4.69, 9.17) is 66.3 Å². The smallest absolute Gasteiger partial charge is 0.330 e. The molecule has 23 N–H and O–H groups in total. The van der Waals surface area contributed by atoms with Crippen molar-refractivity contribution < 1.29 is 198 Å². The minimum absolute atomic E-state index is 0.0523. The summed E-state index contributed by atoms with van der Waals surface area (Å²) in [4.78, 5) is 39.3. The third kappa shape index (κ3) is 18.9. The summed E-state index contributed by atoms with van der Waals surface area (Å²) in [7, 11) is 0. The lowest BCUT2D eigenvalue weighted by Crippen LogP contribution is -2.64. The molecule has 0 amide bonds. The number of benzene rings is 5. The summed E-state index contributed by atoms with van der Waals surface area (Å²) in [5.74, 6) is -9.12. The molecule has 6 heterocycles. The first-order valence-corrected chi connectivity index (χ1v) is 34.1. The zero-order chi connectivity index (χ0) is 80.8. The van der Waals surface area contributed by atoms with Crippen LogP contribution in [0.25, 0.3) is 24.3 Å². The van der Waals surface area contributed by atoms with Crippen molar-refractivity contribution in [1.29, 1.82) is 0 Å². The van der Waals surface area contributed by atoms with Gasteiger partial charge >= 0.3 is 17.9 Å². The highest BCUT2D eigenvalue weighted by atomic mass is 16.8. The number of fused-ring (bicyclic) bond motifs is 1. The molecule has 5 saturated heterocycles. The quantitative estimate of drug-likeness (QED) is 0.0113. The number of phenols is 7. The number of carbonyl (C=O) groups is 3. The van der Waals surface area contributed by atoms with Crippen LogP contribution in [0.3, 0.4) is 0 Å². The van der Waals surface area contributed by atoms with Crippen molar-refractivity contribution in [2.45, 2.75) is 160 Å². The molecule has 0 aromatic heterocycles. The molecule has 0 saturated carbocycles. The van der Waals surface area contributed by atoms with Gasteiger partial charge in [0.25, 0.3) is 0 Å². The number of esters is 3. The molecule has 6 aliphatic rings. The van der Waals surface area contributed by atoms with E-state index in [1.54, 1.807) is 0 Å². The van der Waals surface area contributed by atoms with Gasteiger partial charge in [-0.2, -0.15) is 0 Å². The lowest BCUT2D eigenvalue weighted by atomic mass is 9.97. The minimum atomic E-state index is -2.32. The largest absolute Gasteiger partial charge is 0.508 e. The van der Waals surface area contributed by atoms with E-state index >= 15 is 0 Å². The molecule has 112 heavy (non-hydrogen) atoms. The van der Waals surface area contributed by atoms with Gasteiger partial charge in [0, 0.05) is 35.9 Å². The summed E-state index contributed by atoms with van der Waals surface area (Å²) >= 11 is 0. The molecule has 0 radical (unpaired) electrons. The van der Waals surface area contributed by atoms with Crippen LogP contribution >= 0.6 is 0 Å². The van der Waals surface area contributed by atoms with Gasteiger partial charge in [-0.1, -0.05) is 24.3 Å². The summed E-state index contributed by atoms with van der Waals surface area (Å²) in [5.41, 5.74) is 0.260. The van der Waals surface area contributed by atoms with Gasteiger partial charge in [0.15, 0.2) is 64.5 Å². The summed E-state index contributed by atoms with van der Waals surface area (Å²) in [6.45, 7) is -4.26. The molecule has 40 heteroatoms. The van der Waals surface area contributed by atoms with E-state index in [2.05, 4.69) is 0 Å². The van der Waals surface area contributed by atoms with E-state index in [-0.39, 0.29) is 39.5 Å². The highest BCUT2D eigenvalue weighted by Gasteiger charge is 2.54. The number of hydrogen-bond acceptors (Lipinski definition) is 40. The van der Waals surface area contributed by atoms with Crippen molar-refractivity contribution in [1.82, 2.24) is 0 Å². The number of aliphatic hydroxyl groups is 16. The van der Waals surface area contributed by atoms with Gasteiger partial charge in [-0.25, -0.2) is 14.4 Å². The molecule has 608 valence electrons. The van der Waals surface area contributed by atoms with Crippen LogP contribution in [0.5, 0.6) is 63.2 Å². The fourth-order valence-corrected chi connectivity index (χ4v) is 12.2. The fourth-order valence-electron chi connectivity index (χ4n) is 12.2. The minimum Gasteiger partial charge on any atom is -0.508 e. The van der Waals surface area contributed by atoms with Gasteiger partial charge in [-0.15, -0.1) is 0 Å². The Morgan fingerprint density at radius 2 is 0.759 bits per heavy atom. The summed E-state index contributed by atoms with van der Waals surface area (Å²) in [6.07, 6.45) is -42.5. The van der Waals surface area contributed by atoms with Crippen LogP contribution < -0.4 is 18.9 Å². The monoisotopic (exact) mass is 1580 g/mol. The topological polar surface area (TPSA) is 646 Å². The van der Waals surface area contributed by atoms with E-state index in [0.717, 1.165) is 91.1 Å². The molecule has 0 bridgehead atoms. The van der Waals surface area contributed by atoms with Gasteiger partial charge in [0.2, 0.25) is 25.2 Å². The number of phenolic OH excluding ortho intramolecular Hbond substituents is 7. The number of aromatic hydroxyl groups is 7. The van der Waals surface area contributed by atoms with Crippen molar-refractivity contribution in [3.63, 3.8) is 0 Å². The Labute approximate surface area is 631 Å². The molecule has 26 atom stereocenters. The summed E-state index contributed by atoms with van der Waals surface area (Å²) in [5, 5.41) is 245. The van der Waals surface area contributed by atoms with Crippen molar-refractivity contribution >= 4 is 42.2 Å². The molecule has 5 fully saturated rings. The predicted octanol–water partition coefficient (Wildman–Crippen LogP) is -4.93. The zero-order valence-electron chi connectivity index (χ0n) is 57.9. The van der Waals surface area contributed by atoms with E-state index in [1.165, 1.54) is 36.4 Å². The lowest BCUT2D eigenvalue weighted by molar-refractivity contribution is -0.364. The van der Waals surface area contributed by atoms with E-state index in [1.807, 2.05) is 0 Å². The molecule has 6 aliphatic heterocycles. The molecular weight excluding hydrogens is 1500 g/mol. The molecule has 5 aromatic carbocycles. The summed E-state index contributed by atoms with van der Waals surface area (Å²) in [6, 6.07) is 16.1. The number of rotatable bonds is 25. The van der Waals surface area contributed by atoms with Crippen LogP contribution in [0.2, 0.25) is 0 Å². The van der Waals surface area contributed by atoms with Gasteiger partial charge in [-0.05, 0) is 89.5 Å². The number of ether oxygens (including phenoxy) is 14. The second-order valence-electron chi connectivity index (χ2n) is 26.3. The van der Waals surface area contributed by atoms with Crippen LogP contribution in [0.4, 0.5) is 0 Å². The zero-order valence-corrected chi connectivity index (χ0v) is 57.9. The second kappa shape index (κ2) is 35.9. The Morgan fingerprint density at radius 1 is 0.357 bits per heavy atom. The predicted molar refractivity (Wildman–Crippen MR) is 365 cm³/mol. The van der Waals surface area contributed by atoms with Gasteiger partial charge < -0.3 is 184 Å². The third-order valence-corrected chi connectivity index (χ3v) is 18.5. The van der Waals surface area contributed by atoms with Crippen molar-refractivity contribution in [3.8, 4) is 63.2 Å². The first kappa shape index (κ1) is 83.1. The Bertz CT molecular complexity index is 4240.